The van der Waals surface area contributed by atoms with Gasteiger partial charge >= 0.3 is 0 Å². The van der Waals surface area contributed by atoms with E-state index in [9.17, 15) is 19.5 Å². The van der Waals surface area contributed by atoms with Gasteiger partial charge in [0, 0.05) is 37.3 Å². The molecule has 0 radical (unpaired) electrons. The van der Waals surface area contributed by atoms with Crippen LogP contribution in [0.25, 0.3) is 0 Å². The number of likely N-dealkylation sites (N-methyl/N-ethyl adjacent to an activating group) is 1. The Balaban J connectivity index is 1.69. The highest BCUT2D eigenvalue weighted by Gasteiger charge is 2.47. The molecule has 146 valence electrons. The third-order valence-corrected chi connectivity index (χ3v) is 6.96. The second-order valence-electron chi connectivity index (χ2n) is 8.39. The number of piperidine rings is 1. The van der Waals surface area contributed by atoms with Crippen LogP contribution < -0.4 is 0 Å². The number of allylic oxidation sites excluding steroid dienone is 2. The van der Waals surface area contributed by atoms with E-state index in [1.807, 2.05) is 0 Å². The lowest BCUT2D eigenvalue weighted by Gasteiger charge is -2.47. The number of Topliss-reactive ketones (excluding diaryl/α,β-unsaturated/α-hetero) is 1. The van der Waals surface area contributed by atoms with Gasteiger partial charge in [0.1, 0.15) is 0 Å². The summed E-state index contributed by atoms with van der Waals surface area (Å²) in [6, 6.07) is 0.0592. The Hall–Kier alpha value is -1.95. The number of aliphatic hydroxyl groups is 1. The zero-order chi connectivity index (χ0) is 19.3. The van der Waals surface area contributed by atoms with Crippen molar-refractivity contribution in [3.05, 3.63) is 22.9 Å². The molecule has 4 unspecified atom stereocenters. The minimum Gasteiger partial charge on any atom is -0.392 e. The molecule has 1 saturated heterocycles. The molecular formula is C21H28N2O4. The molecule has 27 heavy (non-hydrogen) atoms. The molecule has 2 heterocycles. The van der Waals surface area contributed by atoms with Crippen LogP contribution in [0.4, 0.5) is 0 Å². The average molecular weight is 372 g/mol. The fourth-order valence-corrected chi connectivity index (χ4v) is 5.39. The van der Waals surface area contributed by atoms with Gasteiger partial charge in [-0.05, 0) is 38.5 Å². The van der Waals surface area contributed by atoms with E-state index in [2.05, 4.69) is 0 Å². The van der Waals surface area contributed by atoms with Crippen LogP contribution in [0.2, 0.25) is 0 Å². The van der Waals surface area contributed by atoms with Gasteiger partial charge in [-0.1, -0.05) is 18.9 Å². The van der Waals surface area contributed by atoms with Crippen molar-refractivity contribution in [1.29, 1.82) is 0 Å². The second-order valence-corrected chi connectivity index (χ2v) is 8.39. The standard InChI is InChI=1S/C21H28N2O4/c1-22-16-9-5-3-7-12(16)18(24)14(20(22)26)11-15-19(25)13-8-4-6-10-17(13)23(2)21(15)27/h11-12,14,16,18,24H,3-10H2,1-2H3/b15-11+. The SMILES string of the molecule is CN1C(=O)/C(=C/C2C(=O)N(C)C3CCCCC3C2O)C(=O)C2=C1CCCC2. The lowest BCUT2D eigenvalue weighted by molar-refractivity contribution is -0.152. The Morgan fingerprint density at radius 1 is 1.00 bits per heavy atom. The molecule has 2 fully saturated rings. The molecule has 6 nitrogen and oxygen atoms in total. The maximum absolute atomic E-state index is 13.0. The first kappa shape index (κ1) is 18.4. The number of nitrogens with zero attached hydrogens (tertiary/aromatic N) is 2. The number of hydrogen-bond donors (Lipinski definition) is 1. The van der Waals surface area contributed by atoms with E-state index < -0.39 is 12.0 Å². The van der Waals surface area contributed by atoms with Crippen LogP contribution in [0.1, 0.15) is 51.4 Å². The van der Waals surface area contributed by atoms with Crippen molar-refractivity contribution >= 4 is 17.6 Å². The molecule has 2 amide bonds. The minimum absolute atomic E-state index is 0.0132. The summed E-state index contributed by atoms with van der Waals surface area (Å²) < 4.78 is 0. The van der Waals surface area contributed by atoms with Crippen LogP contribution in [0.3, 0.4) is 0 Å². The number of carbonyl (C=O) groups excluding carboxylic acids is 3. The lowest BCUT2D eigenvalue weighted by atomic mass is 9.72. The molecule has 2 aliphatic heterocycles. The van der Waals surface area contributed by atoms with Gasteiger partial charge in [-0.2, -0.15) is 0 Å². The molecule has 4 aliphatic rings. The lowest BCUT2D eigenvalue weighted by Crippen LogP contribution is -2.58. The van der Waals surface area contributed by atoms with Crippen molar-refractivity contribution in [1.82, 2.24) is 9.80 Å². The molecule has 1 saturated carbocycles. The predicted octanol–water partition coefficient (Wildman–Crippen LogP) is 1.79. The maximum Gasteiger partial charge on any atom is 0.261 e. The first-order chi connectivity index (χ1) is 12.9. The number of carbonyl (C=O) groups is 3. The highest BCUT2D eigenvalue weighted by atomic mass is 16.3. The van der Waals surface area contributed by atoms with Crippen molar-refractivity contribution < 1.29 is 19.5 Å². The highest BCUT2D eigenvalue weighted by molar-refractivity contribution is 6.28. The van der Waals surface area contributed by atoms with Gasteiger partial charge in [0.2, 0.25) is 5.91 Å². The molecule has 0 aromatic rings. The topological polar surface area (TPSA) is 77.9 Å². The van der Waals surface area contributed by atoms with Crippen LogP contribution in [0.5, 0.6) is 0 Å². The molecule has 2 aliphatic carbocycles. The van der Waals surface area contributed by atoms with Gasteiger partial charge in [0.25, 0.3) is 5.91 Å². The van der Waals surface area contributed by atoms with Crippen molar-refractivity contribution in [3.63, 3.8) is 0 Å². The number of fused-ring (bicyclic) bond motifs is 1. The van der Waals surface area contributed by atoms with Gasteiger partial charge in [-0.25, -0.2) is 0 Å². The second kappa shape index (κ2) is 6.89. The summed E-state index contributed by atoms with van der Waals surface area (Å²) in [5, 5.41) is 10.9. The molecular weight excluding hydrogens is 344 g/mol. The van der Waals surface area contributed by atoms with E-state index >= 15 is 0 Å². The summed E-state index contributed by atoms with van der Waals surface area (Å²) in [5.74, 6) is -1.60. The Bertz CT molecular complexity index is 753. The number of likely N-dealkylation sites (tertiary alicyclic amines) is 1. The van der Waals surface area contributed by atoms with Gasteiger partial charge < -0.3 is 14.9 Å². The molecule has 6 heteroatoms. The monoisotopic (exact) mass is 372 g/mol. The summed E-state index contributed by atoms with van der Waals surface area (Å²) in [6.07, 6.45) is 7.87. The van der Waals surface area contributed by atoms with Gasteiger partial charge in [0.05, 0.1) is 17.6 Å². The smallest absolute Gasteiger partial charge is 0.261 e. The van der Waals surface area contributed by atoms with E-state index in [1.165, 1.54) is 6.08 Å². The number of aliphatic hydroxyl groups excluding tert-OH is 1. The van der Waals surface area contributed by atoms with Gasteiger partial charge in [-0.3, -0.25) is 14.4 Å². The molecule has 0 aromatic heterocycles. The summed E-state index contributed by atoms with van der Waals surface area (Å²) in [4.78, 5) is 42.0. The minimum atomic E-state index is -0.834. The van der Waals surface area contributed by atoms with E-state index in [-0.39, 0.29) is 35.1 Å². The maximum atomic E-state index is 13.0. The molecule has 4 atom stereocenters. The fourth-order valence-electron chi connectivity index (χ4n) is 5.39. The quantitative estimate of drug-likeness (QED) is 0.562. The number of amides is 2. The van der Waals surface area contributed by atoms with Crippen molar-refractivity contribution in [2.45, 2.75) is 63.5 Å². The summed E-state index contributed by atoms with van der Waals surface area (Å²) >= 11 is 0. The Morgan fingerprint density at radius 3 is 2.48 bits per heavy atom. The largest absolute Gasteiger partial charge is 0.392 e. The molecule has 0 aromatic carbocycles. The van der Waals surface area contributed by atoms with Crippen molar-refractivity contribution in [2.24, 2.45) is 11.8 Å². The first-order valence-electron chi connectivity index (χ1n) is 10.1. The third kappa shape index (κ3) is 2.85. The Morgan fingerprint density at radius 2 is 1.70 bits per heavy atom. The van der Waals surface area contributed by atoms with Crippen LogP contribution in [0, 0.1) is 11.8 Å². The van der Waals surface area contributed by atoms with Crippen LogP contribution >= 0.6 is 0 Å². The van der Waals surface area contributed by atoms with Crippen molar-refractivity contribution in [2.75, 3.05) is 14.1 Å². The fraction of sp³-hybridized carbons (Fsp3) is 0.667. The predicted molar refractivity (Wildman–Crippen MR) is 99.4 cm³/mol. The molecule has 4 rings (SSSR count). The van der Waals surface area contributed by atoms with Crippen molar-refractivity contribution in [3.8, 4) is 0 Å². The first-order valence-corrected chi connectivity index (χ1v) is 10.1. The van der Waals surface area contributed by atoms with Crippen LogP contribution in [0.15, 0.2) is 22.9 Å². The number of rotatable bonds is 1. The van der Waals surface area contributed by atoms with E-state index in [4.69, 9.17) is 0 Å². The summed E-state index contributed by atoms with van der Waals surface area (Å²) in [7, 11) is 3.48. The van der Waals surface area contributed by atoms with Gasteiger partial charge in [0.15, 0.2) is 5.78 Å². The number of hydrogen-bond acceptors (Lipinski definition) is 4. The summed E-state index contributed by atoms with van der Waals surface area (Å²) in [6.45, 7) is 0. The van der Waals surface area contributed by atoms with Gasteiger partial charge in [-0.15, -0.1) is 0 Å². The normalized spacial score (nSPS) is 36.3. The highest BCUT2D eigenvalue weighted by Crippen LogP contribution is 2.40. The Kier molecular flexibility index (Phi) is 4.70. The number of ketones is 1. The van der Waals surface area contributed by atoms with E-state index in [0.29, 0.717) is 12.0 Å². The van der Waals surface area contributed by atoms with E-state index in [1.54, 1.807) is 23.9 Å². The van der Waals surface area contributed by atoms with Crippen LogP contribution in [-0.4, -0.2) is 58.7 Å². The zero-order valence-electron chi connectivity index (χ0n) is 16.1. The van der Waals surface area contributed by atoms with Crippen LogP contribution in [-0.2, 0) is 14.4 Å². The molecule has 0 spiro atoms. The third-order valence-electron chi connectivity index (χ3n) is 6.96. The molecule has 1 N–H and O–H groups in total. The van der Waals surface area contributed by atoms with E-state index in [0.717, 1.165) is 50.6 Å². The zero-order valence-corrected chi connectivity index (χ0v) is 16.1. The molecule has 0 bridgehead atoms. The Labute approximate surface area is 159 Å². The average Bonchev–Trinajstić information content (AvgIpc) is 2.70. The summed E-state index contributed by atoms with van der Waals surface area (Å²) in [5.41, 5.74) is 1.59.